The highest BCUT2D eigenvalue weighted by Gasteiger charge is 2.36. The largest absolute Gasteiger partial charge is 0.365 e. The van der Waals surface area contributed by atoms with Crippen molar-refractivity contribution in [1.29, 1.82) is 0 Å². The number of carbonyl (C=O) groups excluding carboxylic acids is 1. The molecule has 2 unspecified atom stereocenters. The van der Waals surface area contributed by atoms with E-state index in [-0.39, 0.29) is 5.78 Å². The summed E-state index contributed by atoms with van der Waals surface area (Å²) in [5.41, 5.74) is 8.21. The Morgan fingerprint density at radius 2 is 1.74 bits per heavy atom. The van der Waals surface area contributed by atoms with Crippen LogP contribution in [0.25, 0.3) is 0 Å². The van der Waals surface area contributed by atoms with Gasteiger partial charge in [-0.15, -0.1) is 0 Å². The summed E-state index contributed by atoms with van der Waals surface area (Å²) in [6, 6.07) is 9.63. The van der Waals surface area contributed by atoms with Gasteiger partial charge < -0.3 is 10.6 Å². The van der Waals surface area contributed by atoms with Crippen LogP contribution in [-0.4, -0.2) is 23.9 Å². The monoisotopic (exact) mass is 258 g/mol. The molecule has 0 saturated carbocycles. The Hall–Kier alpha value is -1.35. The van der Waals surface area contributed by atoms with Gasteiger partial charge in [-0.3, -0.25) is 4.79 Å². The zero-order valence-corrected chi connectivity index (χ0v) is 11.5. The first-order valence-corrected chi connectivity index (χ1v) is 7.30. The zero-order valence-electron chi connectivity index (χ0n) is 11.5. The molecule has 0 spiro atoms. The van der Waals surface area contributed by atoms with E-state index in [9.17, 15) is 4.79 Å². The normalized spacial score (nSPS) is 30.2. The second kappa shape index (κ2) is 4.97. The summed E-state index contributed by atoms with van der Waals surface area (Å²) in [6.45, 7) is 1.61. The highest BCUT2D eigenvalue weighted by Crippen LogP contribution is 2.37. The third-order valence-electron chi connectivity index (χ3n) is 4.58. The van der Waals surface area contributed by atoms with Crippen LogP contribution in [0.5, 0.6) is 0 Å². The van der Waals surface area contributed by atoms with Crippen LogP contribution < -0.4 is 10.6 Å². The molecule has 0 aromatic heterocycles. The molecule has 0 amide bonds. The van der Waals surface area contributed by atoms with Gasteiger partial charge in [0.25, 0.3) is 0 Å². The number of hydrogen-bond acceptors (Lipinski definition) is 3. The molecule has 0 aliphatic carbocycles. The molecule has 1 aromatic carbocycles. The van der Waals surface area contributed by atoms with Crippen molar-refractivity contribution >= 4 is 11.5 Å². The third kappa shape index (κ3) is 2.39. The minimum atomic E-state index is 0.132. The third-order valence-corrected chi connectivity index (χ3v) is 4.58. The molecule has 2 N–H and O–H groups in total. The van der Waals surface area contributed by atoms with Crippen LogP contribution in [0.2, 0.25) is 0 Å². The SMILES string of the molecule is CC(=O)c1ccc(N2C3CCCC2CC(N)C3)cc1. The molecule has 2 aliphatic heterocycles. The molecule has 0 radical (unpaired) electrons. The van der Waals surface area contributed by atoms with Crippen molar-refractivity contribution in [3.8, 4) is 0 Å². The molecule has 1 aromatic rings. The Kier molecular flexibility index (Phi) is 3.31. The molecule has 2 bridgehead atoms. The summed E-state index contributed by atoms with van der Waals surface area (Å²) in [6.07, 6.45) is 6.03. The first-order chi connectivity index (χ1) is 9.15. The quantitative estimate of drug-likeness (QED) is 0.830. The summed E-state index contributed by atoms with van der Waals surface area (Å²) < 4.78 is 0. The lowest BCUT2D eigenvalue weighted by Crippen LogP contribution is -2.55. The standard InChI is InChI=1S/C16H22N2O/c1-11(19)12-5-7-14(8-6-12)18-15-3-2-4-16(18)10-13(17)9-15/h5-8,13,15-16H,2-4,9-10,17H2,1H3. The van der Waals surface area contributed by atoms with Crippen molar-refractivity contribution in [2.45, 2.75) is 57.2 Å². The van der Waals surface area contributed by atoms with E-state index in [4.69, 9.17) is 5.73 Å². The van der Waals surface area contributed by atoms with Gasteiger partial charge in [-0.25, -0.2) is 0 Å². The maximum Gasteiger partial charge on any atom is 0.159 e. The molecule has 2 fully saturated rings. The Balaban J connectivity index is 1.86. The molecule has 2 aliphatic rings. The molecule has 2 saturated heterocycles. The van der Waals surface area contributed by atoms with Crippen LogP contribution in [0.3, 0.4) is 0 Å². The van der Waals surface area contributed by atoms with E-state index in [1.807, 2.05) is 12.1 Å². The average molecular weight is 258 g/mol. The van der Waals surface area contributed by atoms with Crippen molar-refractivity contribution < 1.29 is 4.79 Å². The van der Waals surface area contributed by atoms with E-state index in [2.05, 4.69) is 17.0 Å². The van der Waals surface area contributed by atoms with Gasteiger partial charge in [-0.05, 0) is 63.3 Å². The Morgan fingerprint density at radius 3 is 2.26 bits per heavy atom. The molecular formula is C16H22N2O. The van der Waals surface area contributed by atoms with Gasteiger partial charge in [-0.2, -0.15) is 0 Å². The fraction of sp³-hybridized carbons (Fsp3) is 0.562. The number of piperidine rings is 2. The summed E-state index contributed by atoms with van der Waals surface area (Å²) in [4.78, 5) is 13.9. The number of hydrogen-bond donors (Lipinski definition) is 1. The van der Waals surface area contributed by atoms with E-state index in [0.717, 1.165) is 18.4 Å². The number of Topliss-reactive ketones (excluding diaryl/α,β-unsaturated/α-hetero) is 1. The van der Waals surface area contributed by atoms with Crippen LogP contribution in [0, 0.1) is 0 Å². The van der Waals surface area contributed by atoms with E-state index in [1.54, 1.807) is 6.92 Å². The Labute approximate surface area is 114 Å². The van der Waals surface area contributed by atoms with Crippen LogP contribution in [0.15, 0.2) is 24.3 Å². The van der Waals surface area contributed by atoms with Gasteiger partial charge in [0.1, 0.15) is 0 Å². The van der Waals surface area contributed by atoms with E-state index in [1.165, 1.54) is 24.9 Å². The number of nitrogens with two attached hydrogens (primary N) is 1. The first-order valence-electron chi connectivity index (χ1n) is 7.30. The highest BCUT2D eigenvalue weighted by atomic mass is 16.1. The number of carbonyl (C=O) groups is 1. The maximum absolute atomic E-state index is 11.3. The van der Waals surface area contributed by atoms with Gasteiger partial charge in [0.2, 0.25) is 0 Å². The predicted molar refractivity (Wildman–Crippen MR) is 77.6 cm³/mol. The lowest BCUT2D eigenvalue weighted by atomic mass is 9.81. The first kappa shape index (κ1) is 12.7. The van der Waals surface area contributed by atoms with Gasteiger partial charge >= 0.3 is 0 Å². The number of rotatable bonds is 2. The molecule has 3 heteroatoms. The average Bonchev–Trinajstić information content (AvgIpc) is 2.37. The fourth-order valence-electron chi connectivity index (χ4n) is 3.71. The summed E-state index contributed by atoms with van der Waals surface area (Å²) in [7, 11) is 0. The number of anilines is 1. The summed E-state index contributed by atoms with van der Waals surface area (Å²) in [5.74, 6) is 0.132. The lowest BCUT2D eigenvalue weighted by Gasteiger charge is -2.49. The number of benzene rings is 1. The van der Waals surface area contributed by atoms with Crippen molar-refractivity contribution in [3.63, 3.8) is 0 Å². The maximum atomic E-state index is 11.3. The topological polar surface area (TPSA) is 46.3 Å². The van der Waals surface area contributed by atoms with Gasteiger partial charge in [0.15, 0.2) is 5.78 Å². The smallest absolute Gasteiger partial charge is 0.159 e. The number of fused-ring (bicyclic) bond motifs is 2. The second-order valence-corrected chi connectivity index (χ2v) is 5.98. The molecule has 3 rings (SSSR count). The summed E-state index contributed by atoms with van der Waals surface area (Å²) >= 11 is 0. The molecule has 19 heavy (non-hydrogen) atoms. The zero-order chi connectivity index (χ0) is 13.4. The van der Waals surface area contributed by atoms with Gasteiger partial charge in [-0.1, -0.05) is 0 Å². The van der Waals surface area contributed by atoms with Crippen molar-refractivity contribution in [1.82, 2.24) is 0 Å². The van der Waals surface area contributed by atoms with E-state index < -0.39 is 0 Å². The van der Waals surface area contributed by atoms with Crippen LogP contribution in [0.4, 0.5) is 5.69 Å². The minimum absolute atomic E-state index is 0.132. The summed E-state index contributed by atoms with van der Waals surface area (Å²) in [5, 5.41) is 0. The van der Waals surface area contributed by atoms with Crippen molar-refractivity contribution in [3.05, 3.63) is 29.8 Å². The number of nitrogens with zero attached hydrogens (tertiary/aromatic N) is 1. The molecule has 2 heterocycles. The Morgan fingerprint density at radius 1 is 1.16 bits per heavy atom. The number of ketones is 1. The molecule has 3 nitrogen and oxygen atoms in total. The van der Waals surface area contributed by atoms with Crippen molar-refractivity contribution in [2.24, 2.45) is 5.73 Å². The highest BCUT2D eigenvalue weighted by molar-refractivity contribution is 5.94. The van der Waals surface area contributed by atoms with Crippen molar-refractivity contribution in [2.75, 3.05) is 4.90 Å². The Bertz CT molecular complexity index is 454. The van der Waals surface area contributed by atoms with Crippen LogP contribution in [0.1, 0.15) is 49.4 Å². The van der Waals surface area contributed by atoms with E-state index in [0.29, 0.717) is 18.1 Å². The van der Waals surface area contributed by atoms with Crippen LogP contribution >= 0.6 is 0 Å². The van der Waals surface area contributed by atoms with Gasteiger partial charge in [0, 0.05) is 29.4 Å². The van der Waals surface area contributed by atoms with E-state index >= 15 is 0 Å². The molecule has 2 atom stereocenters. The second-order valence-electron chi connectivity index (χ2n) is 5.98. The predicted octanol–water partition coefficient (Wildman–Crippen LogP) is 2.74. The molecular weight excluding hydrogens is 236 g/mol. The lowest BCUT2D eigenvalue weighted by molar-refractivity contribution is 0.101. The molecule has 102 valence electrons. The van der Waals surface area contributed by atoms with Gasteiger partial charge in [0.05, 0.1) is 0 Å². The minimum Gasteiger partial charge on any atom is -0.365 e. The fourth-order valence-corrected chi connectivity index (χ4v) is 3.71. The van der Waals surface area contributed by atoms with Crippen LogP contribution in [-0.2, 0) is 0 Å².